The molecule has 0 aromatic carbocycles. The number of aryl methyl sites for hydroxylation is 2. The molecule has 132 valence electrons. The summed E-state index contributed by atoms with van der Waals surface area (Å²) in [6.45, 7) is 9.42. The van der Waals surface area contributed by atoms with Gasteiger partial charge >= 0.3 is 0 Å². The maximum atomic E-state index is 4.61. The van der Waals surface area contributed by atoms with E-state index in [9.17, 15) is 0 Å². The van der Waals surface area contributed by atoms with Gasteiger partial charge in [-0.25, -0.2) is 15.0 Å². The van der Waals surface area contributed by atoms with Gasteiger partial charge in [0, 0.05) is 41.8 Å². The van der Waals surface area contributed by atoms with Crippen LogP contribution in [0, 0.1) is 19.8 Å². The van der Waals surface area contributed by atoms with E-state index in [1.54, 1.807) is 6.34 Å². The number of fused-ring (bicyclic) bond motifs is 1. The molecule has 25 heavy (non-hydrogen) atoms. The lowest BCUT2D eigenvalue weighted by molar-refractivity contribution is 0.142. The topological polar surface area (TPSA) is 56.1 Å². The molecule has 3 aliphatic rings. The van der Waals surface area contributed by atoms with Gasteiger partial charge in [0.15, 0.2) is 0 Å². The van der Waals surface area contributed by atoms with E-state index in [0.29, 0.717) is 5.92 Å². The van der Waals surface area contributed by atoms with Crippen molar-refractivity contribution in [1.82, 2.24) is 20.3 Å². The highest BCUT2D eigenvalue weighted by atomic mass is 15.6. The normalized spacial score (nSPS) is 26.1. The van der Waals surface area contributed by atoms with Crippen LogP contribution in [0.3, 0.4) is 0 Å². The van der Waals surface area contributed by atoms with E-state index in [4.69, 9.17) is 0 Å². The SMILES string of the molecule is CC1=NC2N=CNN2C(C2CCCN(Cc3ccc(C)nc3C)C2)=C1. The molecule has 0 bridgehead atoms. The van der Waals surface area contributed by atoms with Crippen molar-refractivity contribution in [2.75, 3.05) is 13.1 Å². The molecule has 4 heterocycles. The fourth-order valence-corrected chi connectivity index (χ4v) is 3.98. The molecule has 4 rings (SSSR count). The first kappa shape index (κ1) is 16.3. The van der Waals surface area contributed by atoms with Crippen LogP contribution in [0.1, 0.15) is 36.7 Å². The number of hydrogen-bond donors (Lipinski definition) is 1. The molecule has 2 unspecified atom stereocenters. The van der Waals surface area contributed by atoms with Crippen LogP contribution >= 0.6 is 0 Å². The molecule has 0 amide bonds. The Hall–Kier alpha value is -2.21. The fraction of sp³-hybridized carbons (Fsp3) is 0.526. The van der Waals surface area contributed by atoms with Gasteiger partial charge in [0.25, 0.3) is 0 Å². The van der Waals surface area contributed by atoms with Gasteiger partial charge in [-0.05, 0) is 57.9 Å². The van der Waals surface area contributed by atoms with Crippen LogP contribution in [0.4, 0.5) is 0 Å². The van der Waals surface area contributed by atoms with Gasteiger partial charge in [0.1, 0.15) is 6.34 Å². The van der Waals surface area contributed by atoms with Crippen molar-refractivity contribution in [3.05, 3.63) is 40.9 Å². The number of likely N-dealkylation sites (tertiary alicyclic amines) is 1. The van der Waals surface area contributed by atoms with Crippen molar-refractivity contribution in [2.45, 2.75) is 46.4 Å². The lowest BCUT2D eigenvalue weighted by Gasteiger charge is -2.39. The van der Waals surface area contributed by atoms with Crippen LogP contribution in [0.2, 0.25) is 0 Å². The van der Waals surface area contributed by atoms with Gasteiger partial charge in [0.05, 0.1) is 0 Å². The fourth-order valence-electron chi connectivity index (χ4n) is 3.98. The Balaban J connectivity index is 1.48. The van der Waals surface area contributed by atoms with E-state index >= 15 is 0 Å². The number of aromatic nitrogens is 1. The van der Waals surface area contributed by atoms with Crippen LogP contribution in [-0.4, -0.2) is 46.3 Å². The maximum Gasteiger partial charge on any atom is 0.235 e. The molecular weight excluding hydrogens is 312 g/mol. The Morgan fingerprint density at radius 1 is 1.24 bits per heavy atom. The van der Waals surface area contributed by atoms with E-state index < -0.39 is 0 Å². The predicted molar refractivity (Wildman–Crippen MR) is 100 cm³/mol. The van der Waals surface area contributed by atoms with Gasteiger partial charge in [-0.15, -0.1) is 0 Å². The van der Waals surface area contributed by atoms with Crippen LogP contribution in [0.25, 0.3) is 0 Å². The molecule has 0 radical (unpaired) electrons. The zero-order valence-electron chi connectivity index (χ0n) is 15.2. The second-order valence-corrected chi connectivity index (χ2v) is 7.23. The minimum atomic E-state index is -0.126. The van der Waals surface area contributed by atoms with Crippen molar-refractivity contribution < 1.29 is 0 Å². The number of hydrogen-bond acceptors (Lipinski definition) is 6. The predicted octanol–water partition coefficient (Wildman–Crippen LogP) is 2.40. The molecule has 3 aliphatic heterocycles. The molecule has 1 aromatic heterocycles. The average molecular weight is 338 g/mol. The van der Waals surface area contributed by atoms with Crippen molar-refractivity contribution in [3.8, 4) is 0 Å². The first-order chi connectivity index (χ1) is 12.1. The molecule has 1 fully saturated rings. The summed E-state index contributed by atoms with van der Waals surface area (Å²) in [4.78, 5) is 16.1. The van der Waals surface area contributed by atoms with Crippen LogP contribution in [-0.2, 0) is 6.54 Å². The van der Waals surface area contributed by atoms with Gasteiger partial charge < -0.3 is 0 Å². The molecule has 1 N–H and O–H groups in total. The molecular formula is C19H26N6. The van der Waals surface area contributed by atoms with E-state index in [0.717, 1.165) is 36.7 Å². The van der Waals surface area contributed by atoms with Crippen LogP contribution in [0.5, 0.6) is 0 Å². The second-order valence-electron chi connectivity index (χ2n) is 7.23. The van der Waals surface area contributed by atoms with Crippen molar-refractivity contribution in [2.24, 2.45) is 15.9 Å². The molecule has 0 saturated carbocycles. The van der Waals surface area contributed by atoms with Gasteiger partial charge in [0.2, 0.25) is 6.29 Å². The van der Waals surface area contributed by atoms with E-state index in [-0.39, 0.29) is 6.29 Å². The number of rotatable bonds is 3. The van der Waals surface area contributed by atoms with Crippen molar-refractivity contribution in [3.63, 3.8) is 0 Å². The summed E-state index contributed by atoms with van der Waals surface area (Å²) in [5.74, 6) is 0.509. The third-order valence-corrected chi connectivity index (χ3v) is 5.24. The Bertz CT molecular complexity index is 750. The second kappa shape index (κ2) is 6.59. The average Bonchev–Trinajstić information content (AvgIpc) is 3.05. The zero-order chi connectivity index (χ0) is 17.4. The third kappa shape index (κ3) is 3.31. The number of piperidine rings is 1. The molecule has 2 atom stereocenters. The number of nitrogens with zero attached hydrogens (tertiary/aromatic N) is 5. The largest absolute Gasteiger partial charge is 0.298 e. The Labute approximate surface area is 149 Å². The summed E-state index contributed by atoms with van der Waals surface area (Å²) >= 11 is 0. The van der Waals surface area contributed by atoms with Crippen LogP contribution in [0.15, 0.2) is 33.9 Å². The first-order valence-corrected chi connectivity index (χ1v) is 9.08. The minimum absolute atomic E-state index is 0.126. The third-order valence-electron chi connectivity index (χ3n) is 5.24. The molecule has 1 aromatic rings. The lowest BCUT2D eigenvalue weighted by atomic mass is 9.92. The zero-order valence-corrected chi connectivity index (χ0v) is 15.2. The smallest absolute Gasteiger partial charge is 0.235 e. The highest BCUT2D eigenvalue weighted by Crippen LogP contribution is 2.31. The highest BCUT2D eigenvalue weighted by molar-refractivity contribution is 5.94. The molecule has 0 spiro atoms. The summed E-state index contributed by atoms with van der Waals surface area (Å²) in [5.41, 5.74) is 9.20. The van der Waals surface area contributed by atoms with Gasteiger partial charge in [-0.1, -0.05) is 6.07 Å². The number of pyridine rings is 1. The molecule has 0 aliphatic carbocycles. The summed E-state index contributed by atoms with van der Waals surface area (Å²) in [7, 11) is 0. The maximum absolute atomic E-state index is 4.61. The Morgan fingerprint density at radius 3 is 2.96 bits per heavy atom. The van der Waals surface area contributed by atoms with E-state index in [2.05, 4.69) is 69.3 Å². The molecule has 6 heteroatoms. The van der Waals surface area contributed by atoms with Crippen molar-refractivity contribution >= 4 is 12.1 Å². The summed E-state index contributed by atoms with van der Waals surface area (Å²) in [5, 5.41) is 2.11. The first-order valence-electron chi connectivity index (χ1n) is 9.08. The molecule has 1 saturated heterocycles. The number of hydrazine groups is 1. The highest BCUT2D eigenvalue weighted by Gasteiger charge is 2.33. The van der Waals surface area contributed by atoms with E-state index in [1.165, 1.54) is 24.1 Å². The van der Waals surface area contributed by atoms with Crippen molar-refractivity contribution in [1.29, 1.82) is 0 Å². The Kier molecular flexibility index (Phi) is 4.29. The number of nitrogens with one attached hydrogen (secondary N) is 1. The molecule has 6 nitrogen and oxygen atoms in total. The summed E-state index contributed by atoms with van der Waals surface area (Å²) in [6, 6.07) is 4.34. The quantitative estimate of drug-likeness (QED) is 0.919. The van der Waals surface area contributed by atoms with Gasteiger partial charge in [-0.2, -0.15) is 0 Å². The number of allylic oxidation sites excluding steroid dienone is 1. The standard InChI is InChI=1S/C19H26N6/c1-13-6-7-16(15(3)22-13)10-24-8-4-5-17(11-24)18-9-14(2)23-19-20-12-21-25(18)19/h6-7,9,12,17,19H,4-5,8,10-11H2,1-3H3,(H,20,21). The summed E-state index contributed by atoms with van der Waals surface area (Å²) < 4.78 is 0. The van der Waals surface area contributed by atoms with E-state index in [1.807, 2.05) is 0 Å². The Morgan fingerprint density at radius 2 is 2.12 bits per heavy atom. The van der Waals surface area contributed by atoms with Crippen LogP contribution < -0.4 is 5.43 Å². The lowest BCUT2D eigenvalue weighted by Crippen LogP contribution is -2.46. The number of aliphatic imine (C=N–C) groups is 2. The summed E-state index contributed by atoms with van der Waals surface area (Å²) in [6.07, 6.45) is 6.27. The minimum Gasteiger partial charge on any atom is -0.298 e. The van der Waals surface area contributed by atoms with Gasteiger partial charge in [-0.3, -0.25) is 15.3 Å². The monoisotopic (exact) mass is 338 g/mol.